The monoisotopic (exact) mass is 402 g/mol. The number of nitrogens with zero attached hydrogens (tertiary/aromatic N) is 2. The van der Waals surface area contributed by atoms with Crippen LogP contribution in [0.2, 0.25) is 5.02 Å². The molecule has 0 aliphatic rings. The Kier molecular flexibility index (Phi) is 6.07. The zero-order chi connectivity index (χ0) is 19.9. The molecule has 0 unspecified atom stereocenters. The number of ether oxygens (including phenoxy) is 1. The first kappa shape index (κ1) is 19.2. The molecule has 0 atom stereocenters. The quantitative estimate of drug-likeness (QED) is 0.449. The number of anilines is 4. The summed E-state index contributed by atoms with van der Waals surface area (Å²) in [4.78, 5) is 19.9. The molecule has 0 fully saturated rings. The average Bonchev–Trinajstić information content (AvgIpc) is 2.70. The van der Waals surface area contributed by atoms with Crippen molar-refractivity contribution in [3.63, 3.8) is 0 Å². The summed E-state index contributed by atoms with van der Waals surface area (Å²) in [6, 6.07) is 13.0. The van der Waals surface area contributed by atoms with Crippen LogP contribution >= 0.6 is 11.6 Å². The van der Waals surface area contributed by atoms with E-state index in [0.29, 0.717) is 11.4 Å². The standard InChI is InChI=1S/C18H16ClFN6O2/c19-13-8-11(6-7-14(13)20)24-17-16(21)18(23-10-22-17)26-25-15(27)9-28-12-4-2-1-3-5-12/h1-8,10H,9,21H2,(H,25,27)(H2,22,23,24,26). The zero-order valence-electron chi connectivity index (χ0n) is 14.4. The van der Waals surface area contributed by atoms with Crippen LogP contribution < -0.4 is 26.6 Å². The van der Waals surface area contributed by atoms with Crippen molar-refractivity contribution in [2.45, 2.75) is 0 Å². The van der Waals surface area contributed by atoms with Gasteiger partial charge in [0.15, 0.2) is 18.2 Å². The van der Waals surface area contributed by atoms with Crippen molar-refractivity contribution in [1.29, 1.82) is 0 Å². The summed E-state index contributed by atoms with van der Waals surface area (Å²) in [5.41, 5.74) is 11.7. The van der Waals surface area contributed by atoms with E-state index in [2.05, 4.69) is 26.1 Å². The summed E-state index contributed by atoms with van der Waals surface area (Å²) in [6.07, 6.45) is 1.25. The average molecular weight is 403 g/mol. The van der Waals surface area contributed by atoms with Crippen LogP contribution in [0.4, 0.5) is 27.4 Å². The molecule has 1 heterocycles. The fourth-order valence-corrected chi connectivity index (χ4v) is 2.32. The van der Waals surface area contributed by atoms with Crippen molar-refractivity contribution >= 4 is 40.5 Å². The van der Waals surface area contributed by atoms with Crippen molar-refractivity contribution < 1.29 is 13.9 Å². The molecule has 0 aliphatic heterocycles. The molecule has 2 aromatic carbocycles. The number of aromatic nitrogens is 2. The highest BCUT2D eigenvalue weighted by Crippen LogP contribution is 2.27. The second kappa shape index (κ2) is 8.87. The highest BCUT2D eigenvalue weighted by atomic mass is 35.5. The van der Waals surface area contributed by atoms with E-state index in [1.54, 1.807) is 24.3 Å². The first-order valence-corrected chi connectivity index (χ1v) is 8.46. The topological polar surface area (TPSA) is 114 Å². The Bertz CT molecular complexity index is 974. The number of amides is 1. The molecule has 3 rings (SSSR count). The highest BCUT2D eigenvalue weighted by Gasteiger charge is 2.11. The molecule has 28 heavy (non-hydrogen) atoms. The molecular weight excluding hydrogens is 387 g/mol. The number of para-hydroxylation sites is 1. The number of nitrogen functional groups attached to an aromatic ring is 1. The number of hydrogen-bond donors (Lipinski definition) is 4. The molecule has 0 saturated carbocycles. The molecule has 0 spiro atoms. The molecule has 0 saturated heterocycles. The minimum Gasteiger partial charge on any atom is -0.484 e. The van der Waals surface area contributed by atoms with E-state index in [4.69, 9.17) is 22.1 Å². The number of halogens is 2. The van der Waals surface area contributed by atoms with Crippen LogP contribution in [0.5, 0.6) is 5.75 Å². The molecule has 0 aliphatic carbocycles. The van der Waals surface area contributed by atoms with Gasteiger partial charge in [-0.1, -0.05) is 29.8 Å². The van der Waals surface area contributed by atoms with E-state index in [0.717, 1.165) is 0 Å². The number of rotatable bonds is 7. The van der Waals surface area contributed by atoms with Crippen LogP contribution in [0.15, 0.2) is 54.9 Å². The van der Waals surface area contributed by atoms with Crippen LogP contribution in [0.3, 0.4) is 0 Å². The summed E-state index contributed by atoms with van der Waals surface area (Å²) in [5, 5.41) is 2.87. The normalized spacial score (nSPS) is 10.2. The number of hydrogen-bond acceptors (Lipinski definition) is 7. The van der Waals surface area contributed by atoms with Gasteiger partial charge < -0.3 is 15.8 Å². The van der Waals surface area contributed by atoms with Crippen molar-refractivity contribution in [2.24, 2.45) is 0 Å². The predicted molar refractivity (Wildman–Crippen MR) is 105 cm³/mol. The molecule has 10 heteroatoms. The van der Waals surface area contributed by atoms with Crippen molar-refractivity contribution in [1.82, 2.24) is 15.4 Å². The third-order valence-corrected chi connectivity index (χ3v) is 3.79. The second-order valence-electron chi connectivity index (χ2n) is 5.51. The van der Waals surface area contributed by atoms with E-state index in [1.165, 1.54) is 24.5 Å². The summed E-state index contributed by atoms with van der Waals surface area (Å²) in [7, 11) is 0. The highest BCUT2D eigenvalue weighted by molar-refractivity contribution is 6.31. The van der Waals surface area contributed by atoms with Gasteiger partial charge in [0.25, 0.3) is 5.91 Å². The molecule has 3 aromatic rings. The summed E-state index contributed by atoms with van der Waals surface area (Å²) in [6.45, 7) is -0.193. The fraction of sp³-hybridized carbons (Fsp3) is 0.0556. The van der Waals surface area contributed by atoms with Gasteiger partial charge in [-0.2, -0.15) is 0 Å². The zero-order valence-corrected chi connectivity index (χ0v) is 15.2. The van der Waals surface area contributed by atoms with Crippen molar-refractivity contribution in [3.8, 4) is 5.75 Å². The minimum atomic E-state index is -0.536. The Morgan fingerprint density at radius 3 is 2.64 bits per heavy atom. The minimum absolute atomic E-state index is 0.0401. The van der Waals surface area contributed by atoms with Crippen LogP contribution in [0.1, 0.15) is 0 Å². The van der Waals surface area contributed by atoms with Crippen LogP contribution in [0.25, 0.3) is 0 Å². The number of nitrogens with two attached hydrogens (primary N) is 1. The third-order valence-electron chi connectivity index (χ3n) is 3.50. The van der Waals surface area contributed by atoms with Crippen LogP contribution in [-0.2, 0) is 4.79 Å². The Hall–Kier alpha value is -3.59. The predicted octanol–water partition coefficient (Wildman–Crippen LogP) is 3.12. The Labute approximate surface area is 164 Å². The lowest BCUT2D eigenvalue weighted by molar-refractivity contribution is -0.122. The lowest BCUT2D eigenvalue weighted by Crippen LogP contribution is -2.34. The lowest BCUT2D eigenvalue weighted by atomic mass is 10.3. The van der Waals surface area contributed by atoms with Gasteiger partial charge in [0.2, 0.25) is 0 Å². The maximum Gasteiger partial charge on any atom is 0.276 e. The maximum atomic E-state index is 13.3. The summed E-state index contributed by atoms with van der Waals surface area (Å²) >= 11 is 5.76. The summed E-state index contributed by atoms with van der Waals surface area (Å²) < 4.78 is 18.6. The Balaban J connectivity index is 1.59. The molecule has 5 N–H and O–H groups in total. The number of carbonyl (C=O) groups is 1. The molecule has 8 nitrogen and oxygen atoms in total. The Morgan fingerprint density at radius 1 is 1.14 bits per heavy atom. The van der Waals surface area contributed by atoms with Gasteiger partial charge in [-0.15, -0.1) is 0 Å². The van der Waals surface area contributed by atoms with E-state index < -0.39 is 11.7 Å². The number of hydrazine groups is 1. The fourth-order valence-electron chi connectivity index (χ4n) is 2.14. The van der Waals surface area contributed by atoms with E-state index in [-0.39, 0.29) is 29.0 Å². The number of nitrogens with one attached hydrogen (secondary N) is 3. The largest absolute Gasteiger partial charge is 0.484 e. The van der Waals surface area contributed by atoms with Crippen molar-refractivity contribution in [2.75, 3.05) is 23.1 Å². The maximum absolute atomic E-state index is 13.3. The third kappa shape index (κ3) is 4.98. The van der Waals surface area contributed by atoms with E-state index in [1.807, 2.05) is 6.07 Å². The molecule has 0 bridgehead atoms. The van der Waals surface area contributed by atoms with E-state index in [9.17, 15) is 9.18 Å². The van der Waals surface area contributed by atoms with Gasteiger partial charge in [-0.3, -0.25) is 15.6 Å². The van der Waals surface area contributed by atoms with Gasteiger partial charge in [-0.25, -0.2) is 14.4 Å². The molecule has 1 amide bonds. The number of benzene rings is 2. The second-order valence-corrected chi connectivity index (χ2v) is 5.92. The van der Waals surface area contributed by atoms with Crippen molar-refractivity contribution in [3.05, 3.63) is 65.7 Å². The van der Waals surface area contributed by atoms with Gasteiger partial charge >= 0.3 is 0 Å². The SMILES string of the molecule is Nc1c(NNC(=O)COc2ccccc2)ncnc1Nc1ccc(F)c(Cl)c1. The Morgan fingerprint density at radius 2 is 1.89 bits per heavy atom. The van der Waals surface area contributed by atoms with Gasteiger partial charge in [0, 0.05) is 5.69 Å². The van der Waals surface area contributed by atoms with Gasteiger partial charge in [0.05, 0.1) is 5.02 Å². The summed E-state index contributed by atoms with van der Waals surface area (Å²) in [5.74, 6) is 0.0460. The molecule has 0 radical (unpaired) electrons. The lowest BCUT2D eigenvalue weighted by Gasteiger charge is -2.13. The molecule has 144 valence electrons. The van der Waals surface area contributed by atoms with Gasteiger partial charge in [0.1, 0.15) is 23.6 Å². The number of carbonyl (C=O) groups excluding carboxylic acids is 1. The van der Waals surface area contributed by atoms with Crippen LogP contribution in [-0.4, -0.2) is 22.5 Å². The molecular formula is C18H16ClFN6O2. The first-order chi connectivity index (χ1) is 13.5. The molecule has 1 aromatic heterocycles. The smallest absolute Gasteiger partial charge is 0.276 e. The van der Waals surface area contributed by atoms with E-state index >= 15 is 0 Å². The first-order valence-electron chi connectivity index (χ1n) is 8.08. The van der Waals surface area contributed by atoms with Gasteiger partial charge in [-0.05, 0) is 30.3 Å². The van der Waals surface area contributed by atoms with Crippen LogP contribution in [0, 0.1) is 5.82 Å².